The molecule has 196 valence electrons. The van der Waals surface area contributed by atoms with Gasteiger partial charge in [-0.3, -0.25) is 9.59 Å². The van der Waals surface area contributed by atoms with Gasteiger partial charge < -0.3 is 10.2 Å². The average molecular weight is 598 g/mol. The highest BCUT2D eigenvalue weighted by Gasteiger charge is 2.30. The quantitative estimate of drug-likeness (QED) is 0.246. The highest BCUT2D eigenvalue weighted by molar-refractivity contribution is 7.99. The molecule has 1 atom stereocenters. The third-order valence-corrected chi connectivity index (χ3v) is 7.83. The Labute approximate surface area is 242 Å². The highest BCUT2D eigenvalue weighted by Crippen LogP contribution is 2.27. The first-order chi connectivity index (χ1) is 17.6. The van der Waals surface area contributed by atoms with E-state index >= 15 is 0 Å². The molecule has 4 nitrogen and oxygen atoms in total. The van der Waals surface area contributed by atoms with Crippen LogP contribution in [0.25, 0.3) is 0 Å². The van der Waals surface area contributed by atoms with E-state index in [0.717, 1.165) is 16.7 Å². The van der Waals surface area contributed by atoms with Crippen LogP contribution in [0.4, 0.5) is 0 Å². The lowest BCUT2D eigenvalue weighted by Crippen LogP contribution is -2.52. The topological polar surface area (TPSA) is 49.4 Å². The molecule has 0 bridgehead atoms. The molecular formula is C28H28Cl4N2O2S. The molecule has 1 N–H and O–H groups in total. The predicted octanol–water partition coefficient (Wildman–Crippen LogP) is 7.70. The van der Waals surface area contributed by atoms with Crippen LogP contribution in [0.1, 0.15) is 30.5 Å². The lowest BCUT2D eigenvalue weighted by molar-refractivity contribution is -0.139. The highest BCUT2D eigenvalue weighted by atomic mass is 35.5. The summed E-state index contributed by atoms with van der Waals surface area (Å²) in [5, 5.41) is 4.92. The van der Waals surface area contributed by atoms with Crippen LogP contribution < -0.4 is 5.32 Å². The van der Waals surface area contributed by atoms with Gasteiger partial charge in [0.15, 0.2) is 0 Å². The maximum Gasteiger partial charge on any atom is 0.243 e. The zero-order chi connectivity index (χ0) is 26.9. The molecule has 3 aromatic rings. The van der Waals surface area contributed by atoms with Gasteiger partial charge in [0.1, 0.15) is 6.04 Å². The predicted molar refractivity (Wildman–Crippen MR) is 157 cm³/mol. The normalized spacial score (nSPS) is 11.9. The number of thioether (sulfide) groups is 1. The van der Waals surface area contributed by atoms with E-state index in [4.69, 9.17) is 46.4 Å². The smallest absolute Gasteiger partial charge is 0.243 e. The fourth-order valence-electron chi connectivity index (χ4n) is 3.74. The molecule has 0 aromatic heterocycles. The van der Waals surface area contributed by atoms with Gasteiger partial charge in [-0.15, -0.1) is 11.8 Å². The summed E-state index contributed by atoms with van der Waals surface area (Å²) in [7, 11) is 0. The second-order valence-electron chi connectivity index (χ2n) is 8.87. The summed E-state index contributed by atoms with van der Waals surface area (Å²) in [6.45, 7) is 4.00. The molecule has 3 rings (SSSR count). The van der Waals surface area contributed by atoms with E-state index in [2.05, 4.69) is 5.32 Å². The Morgan fingerprint density at radius 1 is 0.865 bits per heavy atom. The van der Waals surface area contributed by atoms with Crippen LogP contribution in [0.15, 0.2) is 66.7 Å². The molecule has 0 saturated heterocycles. The van der Waals surface area contributed by atoms with Crippen molar-refractivity contribution in [2.24, 2.45) is 0 Å². The first-order valence-corrected chi connectivity index (χ1v) is 14.4. The molecule has 0 saturated carbocycles. The van der Waals surface area contributed by atoms with Crippen LogP contribution in [0.2, 0.25) is 20.1 Å². The Balaban J connectivity index is 1.87. The first kappa shape index (κ1) is 29.7. The van der Waals surface area contributed by atoms with Crippen LogP contribution in [0.3, 0.4) is 0 Å². The maximum atomic E-state index is 13.7. The summed E-state index contributed by atoms with van der Waals surface area (Å²) < 4.78 is 0. The van der Waals surface area contributed by atoms with Crippen LogP contribution >= 0.6 is 58.2 Å². The van der Waals surface area contributed by atoms with Gasteiger partial charge in [0, 0.05) is 34.8 Å². The number of nitrogens with zero attached hydrogens (tertiary/aromatic N) is 1. The van der Waals surface area contributed by atoms with E-state index in [0.29, 0.717) is 32.3 Å². The fraction of sp³-hybridized carbons (Fsp3) is 0.286. The number of rotatable bonds is 11. The number of benzene rings is 3. The summed E-state index contributed by atoms with van der Waals surface area (Å²) in [4.78, 5) is 28.7. The number of carbonyl (C=O) groups excluding carboxylic acids is 2. The van der Waals surface area contributed by atoms with Crippen LogP contribution in [0.5, 0.6) is 0 Å². The Morgan fingerprint density at radius 3 is 2.24 bits per heavy atom. The van der Waals surface area contributed by atoms with Crippen molar-refractivity contribution >= 4 is 70.0 Å². The SMILES string of the molecule is CC(C)NC(=O)C(Cc1ccccc1)N(Cc1ccc(Cl)c(Cl)c1)C(=O)CSCc1ccc(Cl)cc1Cl. The molecule has 3 aromatic carbocycles. The van der Waals surface area contributed by atoms with Gasteiger partial charge in [-0.2, -0.15) is 0 Å². The molecule has 0 heterocycles. The number of amides is 2. The summed E-state index contributed by atoms with van der Waals surface area (Å²) in [6, 6.07) is 19.4. The van der Waals surface area contributed by atoms with E-state index in [9.17, 15) is 9.59 Å². The lowest BCUT2D eigenvalue weighted by Gasteiger charge is -2.32. The van der Waals surface area contributed by atoms with Gasteiger partial charge in [-0.1, -0.05) is 88.9 Å². The molecule has 1 unspecified atom stereocenters. The molecule has 37 heavy (non-hydrogen) atoms. The molecule has 0 aliphatic heterocycles. The second kappa shape index (κ2) is 14.3. The minimum absolute atomic E-state index is 0.0749. The molecule has 9 heteroatoms. The number of nitrogens with one attached hydrogen (secondary N) is 1. The van der Waals surface area contributed by atoms with Crippen molar-refractivity contribution in [3.63, 3.8) is 0 Å². The van der Waals surface area contributed by atoms with Crippen LogP contribution in [-0.2, 0) is 28.3 Å². The van der Waals surface area contributed by atoms with Crippen molar-refractivity contribution in [1.82, 2.24) is 10.2 Å². The minimum Gasteiger partial charge on any atom is -0.352 e. The molecule has 0 aliphatic carbocycles. The lowest BCUT2D eigenvalue weighted by atomic mass is 10.0. The van der Waals surface area contributed by atoms with Crippen LogP contribution in [-0.4, -0.2) is 34.6 Å². The Hall–Kier alpha value is -1.89. The molecular weight excluding hydrogens is 570 g/mol. The summed E-state index contributed by atoms with van der Waals surface area (Å²) >= 11 is 26.1. The monoisotopic (exact) mass is 596 g/mol. The van der Waals surface area contributed by atoms with Gasteiger partial charge in [-0.25, -0.2) is 0 Å². The fourth-order valence-corrected chi connectivity index (χ4v) is 5.53. The number of hydrogen-bond donors (Lipinski definition) is 1. The zero-order valence-corrected chi connectivity index (χ0v) is 24.4. The standard InChI is InChI=1S/C28H28Cl4N2O2S/c1-18(2)33-28(36)26(13-19-6-4-3-5-7-19)34(15-20-8-11-23(30)25(32)12-20)27(35)17-37-16-21-9-10-22(29)14-24(21)31/h3-12,14,18,26H,13,15-17H2,1-2H3,(H,33,36). The van der Waals surface area contributed by atoms with Crippen molar-refractivity contribution in [3.05, 3.63) is 104 Å². The summed E-state index contributed by atoms with van der Waals surface area (Å²) in [5.74, 6) is 0.323. The summed E-state index contributed by atoms with van der Waals surface area (Å²) in [5.41, 5.74) is 2.63. The number of hydrogen-bond acceptors (Lipinski definition) is 3. The molecule has 0 spiro atoms. The second-order valence-corrected chi connectivity index (χ2v) is 11.5. The van der Waals surface area contributed by atoms with Crippen molar-refractivity contribution in [1.29, 1.82) is 0 Å². The van der Waals surface area contributed by atoms with E-state index < -0.39 is 6.04 Å². The maximum absolute atomic E-state index is 13.7. The average Bonchev–Trinajstić information content (AvgIpc) is 2.85. The van der Waals surface area contributed by atoms with Gasteiger partial charge in [0.25, 0.3) is 0 Å². The molecule has 0 radical (unpaired) electrons. The van der Waals surface area contributed by atoms with E-state index in [-0.39, 0.29) is 30.2 Å². The van der Waals surface area contributed by atoms with E-state index in [1.807, 2.05) is 56.3 Å². The van der Waals surface area contributed by atoms with Crippen molar-refractivity contribution < 1.29 is 9.59 Å². The Kier molecular flexibility index (Phi) is 11.5. The molecule has 0 fully saturated rings. The van der Waals surface area contributed by atoms with Gasteiger partial charge in [0.2, 0.25) is 11.8 Å². The number of carbonyl (C=O) groups is 2. The van der Waals surface area contributed by atoms with E-state index in [1.165, 1.54) is 11.8 Å². The minimum atomic E-state index is -0.716. The summed E-state index contributed by atoms with van der Waals surface area (Å²) in [6.07, 6.45) is 0.375. The number of halogens is 4. The third kappa shape index (κ3) is 9.12. The van der Waals surface area contributed by atoms with E-state index in [1.54, 1.807) is 29.2 Å². The third-order valence-electron chi connectivity index (χ3n) is 5.54. The van der Waals surface area contributed by atoms with Crippen molar-refractivity contribution in [2.75, 3.05) is 5.75 Å². The Morgan fingerprint density at radius 2 is 1.59 bits per heavy atom. The van der Waals surface area contributed by atoms with Crippen molar-refractivity contribution in [3.8, 4) is 0 Å². The molecule has 0 aliphatic rings. The molecule has 2 amide bonds. The zero-order valence-electron chi connectivity index (χ0n) is 20.5. The largest absolute Gasteiger partial charge is 0.352 e. The van der Waals surface area contributed by atoms with Crippen LogP contribution in [0, 0.1) is 0 Å². The Bertz CT molecular complexity index is 1220. The van der Waals surface area contributed by atoms with Gasteiger partial charge in [-0.05, 0) is 54.8 Å². The van der Waals surface area contributed by atoms with Gasteiger partial charge >= 0.3 is 0 Å². The van der Waals surface area contributed by atoms with Gasteiger partial charge in [0.05, 0.1) is 15.8 Å². The van der Waals surface area contributed by atoms with Crippen molar-refractivity contribution in [2.45, 2.75) is 44.6 Å². The first-order valence-electron chi connectivity index (χ1n) is 11.7.